The Morgan fingerprint density at radius 2 is 1.89 bits per heavy atom. The van der Waals surface area contributed by atoms with Gasteiger partial charge in [-0.25, -0.2) is 17.9 Å². The maximum Gasteiger partial charge on any atom is 0.314 e. The van der Waals surface area contributed by atoms with Crippen molar-refractivity contribution >= 4 is 16.1 Å². The second kappa shape index (κ2) is 7.58. The lowest BCUT2D eigenvalue weighted by Gasteiger charge is -2.25. The summed E-state index contributed by atoms with van der Waals surface area (Å²) in [5.41, 5.74) is 0. The fourth-order valence-corrected chi connectivity index (χ4v) is 2.62. The molecule has 0 heterocycles. The van der Waals surface area contributed by atoms with Crippen molar-refractivity contribution in [2.45, 2.75) is 32.6 Å². The molecule has 1 fully saturated rings. The minimum absolute atomic E-state index is 0.0702. The molecule has 0 unspecified atom stereocenters. The summed E-state index contributed by atoms with van der Waals surface area (Å²) in [6.45, 7) is 3.22. The summed E-state index contributed by atoms with van der Waals surface area (Å²) >= 11 is 0. The second-order valence-corrected chi connectivity index (χ2v) is 6.57. The summed E-state index contributed by atoms with van der Waals surface area (Å²) < 4.78 is 25.8. The Bertz CT molecular complexity index is 353. The number of rotatable bonds is 8. The number of hydrogen-bond donors (Lipinski definition) is 3. The van der Waals surface area contributed by atoms with E-state index in [4.69, 9.17) is 0 Å². The van der Waals surface area contributed by atoms with Crippen LogP contribution in [0.1, 0.15) is 32.6 Å². The Morgan fingerprint density at radius 3 is 2.44 bits per heavy atom. The van der Waals surface area contributed by atoms with E-state index in [9.17, 15) is 13.2 Å². The van der Waals surface area contributed by atoms with Crippen LogP contribution in [0.2, 0.25) is 0 Å². The fraction of sp³-hybridized carbons (Fsp3) is 0.909. The predicted molar refractivity (Wildman–Crippen MR) is 70.8 cm³/mol. The monoisotopic (exact) mass is 277 g/mol. The zero-order valence-electron chi connectivity index (χ0n) is 10.9. The zero-order valence-corrected chi connectivity index (χ0v) is 11.7. The summed E-state index contributed by atoms with van der Waals surface area (Å²) in [6.07, 6.45) is 4.28. The lowest BCUT2D eigenvalue weighted by Crippen LogP contribution is -2.41. The number of nitrogens with one attached hydrogen (secondary N) is 3. The number of amides is 2. The van der Waals surface area contributed by atoms with Crippen molar-refractivity contribution in [3.63, 3.8) is 0 Å². The molecular weight excluding hydrogens is 254 g/mol. The van der Waals surface area contributed by atoms with Crippen LogP contribution in [-0.2, 0) is 10.0 Å². The molecule has 1 aliphatic rings. The van der Waals surface area contributed by atoms with Crippen molar-refractivity contribution in [1.29, 1.82) is 0 Å². The molecule has 0 saturated heterocycles. The van der Waals surface area contributed by atoms with Crippen molar-refractivity contribution < 1.29 is 13.2 Å². The first kappa shape index (κ1) is 15.2. The Balaban J connectivity index is 2.10. The molecule has 0 aromatic rings. The van der Waals surface area contributed by atoms with Gasteiger partial charge in [0.15, 0.2) is 0 Å². The normalized spacial score (nSPS) is 16.1. The minimum Gasteiger partial charge on any atom is -0.338 e. The van der Waals surface area contributed by atoms with Crippen molar-refractivity contribution in [2.75, 3.05) is 25.4 Å². The second-order valence-electron chi connectivity index (χ2n) is 4.65. The van der Waals surface area contributed by atoms with Crippen LogP contribution in [0.5, 0.6) is 0 Å². The van der Waals surface area contributed by atoms with Gasteiger partial charge in [0.2, 0.25) is 10.0 Å². The molecule has 0 radical (unpaired) electrons. The van der Waals surface area contributed by atoms with Gasteiger partial charge in [0.25, 0.3) is 0 Å². The highest BCUT2D eigenvalue weighted by atomic mass is 32.2. The largest absolute Gasteiger partial charge is 0.338 e. The van der Waals surface area contributed by atoms with E-state index in [-0.39, 0.29) is 18.3 Å². The lowest BCUT2D eigenvalue weighted by atomic mass is 9.86. The molecule has 7 heteroatoms. The summed E-state index contributed by atoms with van der Waals surface area (Å²) in [4.78, 5) is 11.2. The number of carbonyl (C=O) groups is 1. The van der Waals surface area contributed by atoms with Gasteiger partial charge in [-0.05, 0) is 25.2 Å². The maximum absolute atomic E-state index is 11.6. The Hall–Kier alpha value is -0.820. The molecule has 0 spiro atoms. The van der Waals surface area contributed by atoms with Crippen LogP contribution in [0, 0.1) is 5.92 Å². The smallest absolute Gasteiger partial charge is 0.314 e. The maximum atomic E-state index is 11.6. The van der Waals surface area contributed by atoms with Gasteiger partial charge < -0.3 is 10.6 Å². The first-order chi connectivity index (χ1) is 8.53. The van der Waals surface area contributed by atoms with Gasteiger partial charge in [0, 0.05) is 19.6 Å². The van der Waals surface area contributed by atoms with Gasteiger partial charge in [-0.3, -0.25) is 0 Å². The fourth-order valence-electron chi connectivity index (χ4n) is 1.61. The number of urea groups is 1. The number of hydrogen-bond acceptors (Lipinski definition) is 3. The molecule has 0 aromatic carbocycles. The van der Waals surface area contributed by atoms with Crippen LogP contribution in [0.25, 0.3) is 0 Å². The first-order valence-electron chi connectivity index (χ1n) is 6.52. The van der Waals surface area contributed by atoms with Crippen molar-refractivity contribution in [1.82, 2.24) is 15.4 Å². The van der Waals surface area contributed by atoms with Gasteiger partial charge in [-0.15, -0.1) is 0 Å². The summed E-state index contributed by atoms with van der Waals surface area (Å²) in [7, 11) is -3.26. The van der Waals surface area contributed by atoms with E-state index in [0.717, 1.165) is 19.3 Å². The SMILES string of the molecule is CCCNC(=O)NCCS(=O)(=O)NCC1CCC1. The molecule has 0 aliphatic heterocycles. The van der Waals surface area contributed by atoms with Crippen molar-refractivity contribution in [2.24, 2.45) is 5.92 Å². The van der Waals surface area contributed by atoms with E-state index in [1.807, 2.05) is 6.92 Å². The summed E-state index contributed by atoms with van der Waals surface area (Å²) in [6, 6.07) is -0.314. The van der Waals surface area contributed by atoms with Gasteiger partial charge in [-0.1, -0.05) is 13.3 Å². The summed E-state index contributed by atoms with van der Waals surface area (Å²) in [5, 5.41) is 5.14. The predicted octanol–water partition coefficient (Wildman–Crippen LogP) is 0.415. The summed E-state index contributed by atoms with van der Waals surface area (Å²) in [5.74, 6) is 0.430. The van der Waals surface area contributed by atoms with Gasteiger partial charge >= 0.3 is 6.03 Å². The lowest BCUT2D eigenvalue weighted by molar-refractivity contribution is 0.241. The highest BCUT2D eigenvalue weighted by molar-refractivity contribution is 7.89. The van der Waals surface area contributed by atoms with Gasteiger partial charge in [-0.2, -0.15) is 0 Å². The molecule has 0 atom stereocenters. The molecule has 2 amide bonds. The molecule has 1 aliphatic carbocycles. The number of sulfonamides is 1. The van der Waals surface area contributed by atoms with Crippen LogP contribution in [-0.4, -0.2) is 39.8 Å². The average molecular weight is 277 g/mol. The molecule has 3 N–H and O–H groups in total. The highest BCUT2D eigenvalue weighted by Gasteiger charge is 2.19. The molecule has 0 aromatic heterocycles. The third-order valence-corrected chi connectivity index (χ3v) is 4.36. The molecule has 0 bridgehead atoms. The quantitative estimate of drug-likeness (QED) is 0.600. The molecule has 18 heavy (non-hydrogen) atoms. The molecule has 106 valence electrons. The molecule has 1 rings (SSSR count). The van der Waals surface area contributed by atoms with E-state index in [1.165, 1.54) is 6.42 Å². The topological polar surface area (TPSA) is 87.3 Å². The third kappa shape index (κ3) is 6.20. The molecule has 1 saturated carbocycles. The average Bonchev–Trinajstić information content (AvgIpc) is 2.23. The molecular formula is C11H23N3O3S. The van der Waals surface area contributed by atoms with Crippen molar-refractivity contribution in [3.8, 4) is 0 Å². The Labute approximate surface area is 109 Å². The first-order valence-corrected chi connectivity index (χ1v) is 8.18. The van der Waals surface area contributed by atoms with Crippen molar-refractivity contribution in [3.05, 3.63) is 0 Å². The van der Waals surface area contributed by atoms with E-state index < -0.39 is 10.0 Å². The number of carbonyl (C=O) groups excluding carboxylic acids is 1. The van der Waals surface area contributed by atoms with E-state index in [2.05, 4.69) is 15.4 Å². The minimum atomic E-state index is -3.26. The van der Waals surface area contributed by atoms with Crippen LogP contribution < -0.4 is 15.4 Å². The van der Waals surface area contributed by atoms with Gasteiger partial charge in [0.1, 0.15) is 0 Å². The van der Waals surface area contributed by atoms with E-state index in [1.54, 1.807) is 0 Å². The zero-order chi connectivity index (χ0) is 13.4. The van der Waals surface area contributed by atoms with Crippen LogP contribution in [0.3, 0.4) is 0 Å². The standard InChI is InChI=1S/C11H23N3O3S/c1-2-6-12-11(15)13-7-8-18(16,17)14-9-10-4-3-5-10/h10,14H,2-9H2,1H3,(H2,12,13,15). The van der Waals surface area contributed by atoms with Gasteiger partial charge in [0.05, 0.1) is 5.75 Å². The Morgan fingerprint density at radius 1 is 1.22 bits per heavy atom. The highest BCUT2D eigenvalue weighted by Crippen LogP contribution is 2.25. The van der Waals surface area contributed by atoms with Crippen LogP contribution >= 0.6 is 0 Å². The van der Waals surface area contributed by atoms with E-state index >= 15 is 0 Å². The third-order valence-electron chi connectivity index (χ3n) is 3.01. The van der Waals surface area contributed by atoms with Crippen LogP contribution in [0.15, 0.2) is 0 Å². The Kier molecular flexibility index (Phi) is 6.42. The van der Waals surface area contributed by atoms with E-state index in [0.29, 0.717) is 19.0 Å². The molecule has 6 nitrogen and oxygen atoms in total. The van der Waals surface area contributed by atoms with Crippen LogP contribution in [0.4, 0.5) is 4.79 Å².